The molecule has 1 aliphatic rings. The van der Waals surface area contributed by atoms with Crippen molar-refractivity contribution >= 4 is 27.7 Å². The zero-order chi connectivity index (χ0) is 23.1. The van der Waals surface area contributed by atoms with Crippen LogP contribution in [0.2, 0.25) is 0 Å². The van der Waals surface area contributed by atoms with E-state index in [2.05, 4.69) is 20.6 Å². The second-order valence-electron chi connectivity index (χ2n) is 6.78. The maximum atomic E-state index is 12.1. The standard InChI is InChI=1S/C21H24N4O6S/c1-3-30-15-8-10-16(11-9-15)31-14(2)21(27)24-23-19(26)12-13-22-20-17-6-4-5-7-18(17)32(28,29)25-20/h4-11,14H,3,12-13H2,1-2H3,(H,22,25)(H,23,26)(H,24,27). The van der Waals surface area contributed by atoms with E-state index in [1.54, 1.807) is 49.4 Å². The molecule has 0 saturated carbocycles. The lowest BCUT2D eigenvalue weighted by molar-refractivity contribution is -0.132. The molecule has 0 fully saturated rings. The molecule has 2 aromatic carbocycles. The van der Waals surface area contributed by atoms with Gasteiger partial charge in [-0.05, 0) is 50.2 Å². The van der Waals surface area contributed by atoms with Crippen LogP contribution >= 0.6 is 0 Å². The van der Waals surface area contributed by atoms with Gasteiger partial charge in [0, 0.05) is 12.0 Å². The third-order valence-corrected chi connectivity index (χ3v) is 5.81. The third-order valence-electron chi connectivity index (χ3n) is 4.41. The number of benzene rings is 2. The van der Waals surface area contributed by atoms with Crippen LogP contribution in [0.4, 0.5) is 0 Å². The van der Waals surface area contributed by atoms with Gasteiger partial charge in [0.15, 0.2) is 6.10 Å². The van der Waals surface area contributed by atoms with E-state index < -0.39 is 27.9 Å². The fourth-order valence-corrected chi connectivity index (χ4v) is 4.11. The summed E-state index contributed by atoms with van der Waals surface area (Å²) in [5.74, 6) is 0.357. The molecule has 32 heavy (non-hydrogen) atoms. The van der Waals surface area contributed by atoms with Crippen molar-refractivity contribution in [2.45, 2.75) is 31.3 Å². The molecule has 0 saturated heterocycles. The van der Waals surface area contributed by atoms with Crippen LogP contribution < -0.4 is 25.0 Å². The normalized spacial score (nSPS) is 15.9. The predicted molar refractivity (Wildman–Crippen MR) is 117 cm³/mol. The minimum Gasteiger partial charge on any atom is -0.494 e. The summed E-state index contributed by atoms with van der Waals surface area (Å²) in [6.45, 7) is 4.01. The molecular formula is C21H24N4O6S. The Morgan fingerprint density at radius 3 is 2.47 bits per heavy atom. The number of rotatable bonds is 8. The Hall–Kier alpha value is -3.60. The number of amides is 2. The van der Waals surface area contributed by atoms with Crippen molar-refractivity contribution in [3.8, 4) is 11.5 Å². The van der Waals surface area contributed by atoms with Crippen LogP contribution in [-0.4, -0.2) is 45.3 Å². The van der Waals surface area contributed by atoms with E-state index in [1.807, 2.05) is 6.92 Å². The van der Waals surface area contributed by atoms with Crippen molar-refractivity contribution in [2.75, 3.05) is 13.2 Å². The van der Waals surface area contributed by atoms with Crippen molar-refractivity contribution in [1.29, 1.82) is 0 Å². The minimum atomic E-state index is -3.63. The zero-order valence-electron chi connectivity index (χ0n) is 17.6. The third kappa shape index (κ3) is 5.76. The molecule has 11 heteroatoms. The summed E-state index contributed by atoms with van der Waals surface area (Å²) in [4.78, 5) is 28.4. The largest absolute Gasteiger partial charge is 0.494 e. The number of nitrogens with zero attached hydrogens (tertiary/aromatic N) is 1. The first-order valence-corrected chi connectivity index (χ1v) is 11.4. The molecule has 1 aliphatic heterocycles. The second kappa shape index (κ2) is 10.1. The number of amidine groups is 1. The number of hydrogen-bond acceptors (Lipinski definition) is 7. The van der Waals surface area contributed by atoms with Crippen LogP contribution in [0.5, 0.6) is 11.5 Å². The van der Waals surface area contributed by atoms with Gasteiger partial charge in [-0.15, -0.1) is 0 Å². The predicted octanol–water partition coefficient (Wildman–Crippen LogP) is 1.13. The average Bonchev–Trinajstić information content (AvgIpc) is 3.04. The molecule has 170 valence electrons. The summed E-state index contributed by atoms with van der Waals surface area (Å²) in [5, 5.41) is 0. The highest BCUT2D eigenvalue weighted by molar-refractivity contribution is 7.90. The maximum Gasteiger partial charge on any atom is 0.279 e. The molecule has 0 aromatic heterocycles. The van der Waals surface area contributed by atoms with Crippen molar-refractivity contribution in [3.05, 3.63) is 54.1 Å². The Kier molecular flexibility index (Phi) is 7.31. The van der Waals surface area contributed by atoms with Gasteiger partial charge in [0.1, 0.15) is 17.3 Å². The molecule has 0 radical (unpaired) electrons. The van der Waals surface area contributed by atoms with Crippen LogP contribution in [0.1, 0.15) is 25.8 Å². The number of nitrogens with one attached hydrogen (secondary N) is 3. The first-order chi connectivity index (χ1) is 15.3. The Bertz CT molecular complexity index is 1120. The van der Waals surface area contributed by atoms with Gasteiger partial charge in [-0.25, -0.2) is 8.42 Å². The van der Waals surface area contributed by atoms with Crippen molar-refractivity contribution in [1.82, 2.24) is 15.6 Å². The topological polar surface area (TPSA) is 135 Å². The molecule has 1 unspecified atom stereocenters. The van der Waals surface area contributed by atoms with Gasteiger partial charge >= 0.3 is 0 Å². The van der Waals surface area contributed by atoms with Crippen LogP contribution in [0, 0.1) is 0 Å². The van der Waals surface area contributed by atoms with E-state index in [-0.39, 0.29) is 23.7 Å². The molecule has 0 aliphatic carbocycles. The number of carbonyl (C=O) groups excluding carboxylic acids is 2. The van der Waals surface area contributed by atoms with Crippen molar-refractivity contribution in [2.24, 2.45) is 4.99 Å². The molecule has 10 nitrogen and oxygen atoms in total. The van der Waals surface area contributed by atoms with Gasteiger partial charge in [0.25, 0.3) is 15.9 Å². The molecule has 0 bridgehead atoms. The number of hydrogen-bond donors (Lipinski definition) is 3. The quantitative estimate of drug-likeness (QED) is 0.506. The molecule has 1 heterocycles. The molecular weight excluding hydrogens is 436 g/mol. The monoisotopic (exact) mass is 460 g/mol. The molecule has 0 spiro atoms. The fourth-order valence-electron chi connectivity index (χ4n) is 2.85. The van der Waals surface area contributed by atoms with E-state index in [4.69, 9.17) is 9.47 Å². The Balaban J connectivity index is 1.44. The highest BCUT2D eigenvalue weighted by Crippen LogP contribution is 2.22. The summed E-state index contributed by atoms with van der Waals surface area (Å²) in [7, 11) is -3.63. The zero-order valence-corrected chi connectivity index (χ0v) is 18.4. The van der Waals surface area contributed by atoms with Crippen molar-refractivity contribution < 1.29 is 27.5 Å². The lowest BCUT2D eigenvalue weighted by atomic mass is 10.2. The number of carbonyl (C=O) groups is 2. The van der Waals surface area contributed by atoms with Gasteiger partial charge in [-0.2, -0.15) is 0 Å². The highest BCUT2D eigenvalue weighted by atomic mass is 32.2. The molecule has 2 amide bonds. The summed E-state index contributed by atoms with van der Waals surface area (Å²) >= 11 is 0. The summed E-state index contributed by atoms with van der Waals surface area (Å²) in [6, 6.07) is 13.3. The molecule has 2 aromatic rings. The number of ether oxygens (including phenoxy) is 2. The fraction of sp³-hybridized carbons (Fsp3) is 0.286. The van der Waals surface area contributed by atoms with Crippen LogP contribution in [0.15, 0.2) is 58.4 Å². The number of sulfonamides is 1. The van der Waals surface area contributed by atoms with Crippen molar-refractivity contribution in [3.63, 3.8) is 0 Å². The first-order valence-electron chi connectivity index (χ1n) is 9.95. The highest BCUT2D eigenvalue weighted by Gasteiger charge is 2.29. The first kappa shape index (κ1) is 23.1. The second-order valence-corrected chi connectivity index (χ2v) is 8.43. The number of hydrazine groups is 1. The van der Waals surface area contributed by atoms with E-state index in [0.717, 1.165) is 0 Å². The van der Waals surface area contributed by atoms with E-state index in [1.165, 1.54) is 6.07 Å². The smallest absolute Gasteiger partial charge is 0.279 e. The van der Waals surface area contributed by atoms with Crippen LogP contribution in [0.25, 0.3) is 0 Å². The van der Waals surface area contributed by atoms with Gasteiger partial charge in [-0.3, -0.25) is 30.2 Å². The maximum absolute atomic E-state index is 12.1. The summed E-state index contributed by atoms with van der Waals surface area (Å²) < 4.78 is 37.3. The van der Waals surface area contributed by atoms with Gasteiger partial charge in [-0.1, -0.05) is 12.1 Å². The van der Waals surface area contributed by atoms with E-state index in [0.29, 0.717) is 23.7 Å². The van der Waals surface area contributed by atoms with Gasteiger partial charge in [0.2, 0.25) is 5.91 Å². The minimum absolute atomic E-state index is 0.0339. The molecule has 3 rings (SSSR count). The molecule has 1 atom stereocenters. The number of aliphatic imine (C=N–C) groups is 1. The van der Waals surface area contributed by atoms with Gasteiger partial charge in [0.05, 0.1) is 18.0 Å². The Morgan fingerprint density at radius 2 is 1.75 bits per heavy atom. The SMILES string of the molecule is CCOc1ccc(OC(C)C(=O)NNC(=O)CCN=C2NS(=O)(=O)c3ccccc32)cc1. The summed E-state index contributed by atoms with van der Waals surface area (Å²) in [5.41, 5.74) is 5.04. The van der Waals surface area contributed by atoms with E-state index >= 15 is 0 Å². The molecule has 3 N–H and O–H groups in total. The summed E-state index contributed by atoms with van der Waals surface area (Å²) in [6.07, 6.45) is -0.903. The lowest BCUT2D eigenvalue weighted by Gasteiger charge is -2.15. The number of fused-ring (bicyclic) bond motifs is 1. The van der Waals surface area contributed by atoms with E-state index in [9.17, 15) is 18.0 Å². The lowest BCUT2D eigenvalue weighted by Crippen LogP contribution is -2.47. The van der Waals surface area contributed by atoms with Gasteiger partial charge < -0.3 is 9.47 Å². The van der Waals surface area contributed by atoms with Crippen LogP contribution in [-0.2, 0) is 19.6 Å². The average molecular weight is 461 g/mol. The van der Waals surface area contributed by atoms with Crippen LogP contribution in [0.3, 0.4) is 0 Å². The Morgan fingerprint density at radius 1 is 1.06 bits per heavy atom. The Labute approximate surface area is 186 Å².